The highest BCUT2D eigenvalue weighted by atomic mass is 16.6. The van der Waals surface area contributed by atoms with E-state index in [0.29, 0.717) is 13.0 Å². The van der Waals surface area contributed by atoms with Gasteiger partial charge in [-0.05, 0) is 24.5 Å². The van der Waals surface area contributed by atoms with E-state index in [1.807, 2.05) is 36.5 Å². The van der Waals surface area contributed by atoms with Crippen molar-refractivity contribution in [3.8, 4) is 0 Å². The molecule has 1 unspecified atom stereocenters. The molecule has 1 aromatic rings. The Morgan fingerprint density at radius 3 is 2.91 bits per heavy atom. The molecule has 3 heteroatoms. The van der Waals surface area contributed by atoms with Crippen molar-refractivity contribution >= 4 is 5.91 Å². The molecule has 0 bridgehead atoms. The molecule has 0 saturated carbocycles. The predicted molar refractivity (Wildman–Crippen MR) is 89.8 cm³/mol. The number of amides is 1. The highest BCUT2D eigenvalue weighted by molar-refractivity contribution is 5.96. The van der Waals surface area contributed by atoms with Gasteiger partial charge in [-0.1, -0.05) is 50.1 Å². The molecule has 22 heavy (non-hydrogen) atoms. The summed E-state index contributed by atoms with van der Waals surface area (Å²) in [4.78, 5) is 14.6. The molecule has 1 aromatic carbocycles. The van der Waals surface area contributed by atoms with Gasteiger partial charge in [-0.3, -0.25) is 4.79 Å². The lowest BCUT2D eigenvalue weighted by molar-refractivity contribution is 0.0811. The number of hydrogen-bond donors (Lipinski definition) is 0. The van der Waals surface area contributed by atoms with Crippen LogP contribution in [-0.2, 0) is 11.2 Å². The average molecular weight is 299 g/mol. The second-order valence-electron chi connectivity index (χ2n) is 5.59. The Kier molecular flexibility index (Phi) is 6.41. The summed E-state index contributed by atoms with van der Waals surface area (Å²) < 4.78 is 5.29. The number of carbonyl (C=O) groups excluding carboxylic acids is 1. The Morgan fingerprint density at radius 2 is 2.23 bits per heavy atom. The van der Waals surface area contributed by atoms with Crippen LogP contribution in [0.15, 0.2) is 49.2 Å². The minimum Gasteiger partial charge on any atom is -0.371 e. The van der Waals surface area contributed by atoms with Gasteiger partial charge in [0.15, 0.2) is 0 Å². The molecule has 1 atom stereocenters. The lowest BCUT2D eigenvalue weighted by atomic mass is 10.0. The highest BCUT2D eigenvalue weighted by Gasteiger charge is 2.28. The third-order valence-corrected chi connectivity index (χ3v) is 3.69. The van der Waals surface area contributed by atoms with Crippen molar-refractivity contribution in [2.45, 2.75) is 38.7 Å². The first-order valence-corrected chi connectivity index (χ1v) is 8.04. The number of nitrogens with zero attached hydrogens (tertiary/aromatic N) is 1. The zero-order valence-corrected chi connectivity index (χ0v) is 13.3. The summed E-state index contributed by atoms with van der Waals surface area (Å²) in [5, 5.41) is 0. The van der Waals surface area contributed by atoms with Crippen molar-refractivity contribution < 1.29 is 9.53 Å². The summed E-state index contributed by atoms with van der Waals surface area (Å²) in [6, 6.07) is 7.75. The Bertz CT molecular complexity index is 532. The maximum absolute atomic E-state index is 12.9. The van der Waals surface area contributed by atoms with E-state index in [1.54, 1.807) is 4.90 Å². The molecule has 0 aliphatic carbocycles. The molecule has 1 aliphatic heterocycles. The van der Waals surface area contributed by atoms with Crippen LogP contribution in [0, 0.1) is 0 Å². The van der Waals surface area contributed by atoms with Crippen molar-refractivity contribution in [3.63, 3.8) is 0 Å². The Labute approximate surface area is 133 Å². The van der Waals surface area contributed by atoms with E-state index < -0.39 is 0 Å². The quantitative estimate of drug-likeness (QED) is 0.393. The van der Waals surface area contributed by atoms with Gasteiger partial charge in [-0.2, -0.15) is 0 Å². The van der Waals surface area contributed by atoms with Crippen LogP contribution in [0.3, 0.4) is 0 Å². The van der Waals surface area contributed by atoms with E-state index in [0.717, 1.165) is 37.0 Å². The van der Waals surface area contributed by atoms with E-state index in [-0.39, 0.29) is 12.0 Å². The van der Waals surface area contributed by atoms with Crippen LogP contribution in [-0.4, -0.2) is 30.1 Å². The Hall–Kier alpha value is -1.87. The molecular weight excluding hydrogens is 274 g/mol. The highest BCUT2D eigenvalue weighted by Crippen LogP contribution is 2.17. The largest absolute Gasteiger partial charge is 0.371 e. The van der Waals surface area contributed by atoms with Crippen LogP contribution in [0.5, 0.6) is 0 Å². The summed E-state index contributed by atoms with van der Waals surface area (Å²) in [5.74, 6) is 0.0423. The minimum atomic E-state index is 0.0423. The van der Waals surface area contributed by atoms with Gasteiger partial charge in [0.05, 0.1) is 19.3 Å². The topological polar surface area (TPSA) is 32.8 Å². The normalized spacial score (nSPS) is 16.7. The summed E-state index contributed by atoms with van der Waals surface area (Å²) in [6.07, 6.45) is 10.0. The molecular formula is C19H25NO2. The maximum atomic E-state index is 12.9. The van der Waals surface area contributed by atoms with Crippen LogP contribution >= 0.6 is 0 Å². The van der Waals surface area contributed by atoms with Gasteiger partial charge in [0, 0.05) is 11.8 Å². The van der Waals surface area contributed by atoms with E-state index in [9.17, 15) is 4.79 Å². The average Bonchev–Trinajstić information content (AvgIpc) is 3.35. The number of carbonyl (C=O) groups is 1. The zero-order valence-electron chi connectivity index (χ0n) is 13.3. The molecule has 1 heterocycles. The van der Waals surface area contributed by atoms with Crippen LogP contribution in [0.25, 0.3) is 0 Å². The molecule has 1 fully saturated rings. The summed E-state index contributed by atoms with van der Waals surface area (Å²) in [6.45, 7) is 7.32. The van der Waals surface area contributed by atoms with Crippen LogP contribution in [0.2, 0.25) is 0 Å². The van der Waals surface area contributed by atoms with Gasteiger partial charge in [0.25, 0.3) is 5.91 Å². The second-order valence-corrected chi connectivity index (χ2v) is 5.59. The van der Waals surface area contributed by atoms with Gasteiger partial charge in [-0.15, -0.1) is 6.58 Å². The molecule has 0 aromatic heterocycles. The summed E-state index contributed by atoms with van der Waals surface area (Å²) in [5.41, 5.74) is 1.77. The number of benzene rings is 1. The van der Waals surface area contributed by atoms with Crippen LogP contribution < -0.4 is 0 Å². The van der Waals surface area contributed by atoms with Crippen LogP contribution in [0.1, 0.15) is 42.1 Å². The summed E-state index contributed by atoms with van der Waals surface area (Å²) in [7, 11) is 0. The maximum Gasteiger partial charge on any atom is 0.258 e. The van der Waals surface area contributed by atoms with Crippen molar-refractivity contribution in [1.29, 1.82) is 0 Å². The lowest BCUT2D eigenvalue weighted by Crippen LogP contribution is -2.30. The molecule has 1 amide bonds. The lowest BCUT2D eigenvalue weighted by Gasteiger charge is -2.19. The zero-order chi connectivity index (χ0) is 15.8. The van der Waals surface area contributed by atoms with Gasteiger partial charge >= 0.3 is 0 Å². The first-order valence-electron chi connectivity index (χ1n) is 8.04. The van der Waals surface area contributed by atoms with E-state index >= 15 is 0 Å². The Balaban J connectivity index is 2.13. The third-order valence-electron chi connectivity index (χ3n) is 3.69. The number of allylic oxidation sites excluding steroid dienone is 2. The standard InChI is InChI=1S/C19H25NO2/c1-3-5-6-9-13-20(14-17-15-22-17)19(21)18-12-8-7-11-16(18)10-4-2/h4,7-9,11-13,17H,2-3,5-6,10,14-15H2,1H3. The molecule has 0 spiro atoms. The first kappa shape index (κ1) is 16.5. The SMILES string of the molecule is C=CCc1ccccc1C(=O)N(C=CCCCC)CC1CO1. The molecule has 0 N–H and O–H groups in total. The summed E-state index contributed by atoms with van der Waals surface area (Å²) >= 11 is 0. The number of hydrogen-bond acceptors (Lipinski definition) is 2. The molecule has 0 radical (unpaired) electrons. The fraction of sp³-hybridized carbons (Fsp3) is 0.421. The first-order chi connectivity index (χ1) is 10.8. The van der Waals surface area contributed by atoms with Gasteiger partial charge < -0.3 is 9.64 Å². The second kappa shape index (κ2) is 8.54. The van der Waals surface area contributed by atoms with Gasteiger partial charge in [0.1, 0.15) is 0 Å². The third kappa shape index (κ3) is 4.85. The smallest absolute Gasteiger partial charge is 0.258 e. The number of rotatable bonds is 9. The fourth-order valence-electron chi connectivity index (χ4n) is 2.35. The van der Waals surface area contributed by atoms with E-state index in [1.165, 1.54) is 0 Å². The molecule has 1 aliphatic rings. The van der Waals surface area contributed by atoms with Crippen molar-refractivity contribution in [2.75, 3.05) is 13.2 Å². The fourth-order valence-corrected chi connectivity index (χ4v) is 2.35. The van der Waals surface area contributed by atoms with E-state index in [4.69, 9.17) is 4.74 Å². The van der Waals surface area contributed by atoms with Gasteiger partial charge in [0.2, 0.25) is 0 Å². The number of epoxide rings is 1. The van der Waals surface area contributed by atoms with Crippen molar-refractivity contribution in [3.05, 3.63) is 60.3 Å². The van der Waals surface area contributed by atoms with Gasteiger partial charge in [-0.25, -0.2) is 0 Å². The molecule has 1 saturated heterocycles. The Morgan fingerprint density at radius 1 is 1.45 bits per heavy atom. The molecule has 2 rings (SSSR count). The minimum absolute atomic E-state index is 0.0423. The van der Waals surface area contributed by atoms with Crippen LogP contribution in [0.4, 0.5) is 0 Å². The van der Waals surface area contributed by atoms with E-state index in [2.05, 4.69) is 19.6 Å². The van der Waals surface area contributed by atoms with Crippen molar-refractivity contribution in [1.82, 2.24) is 4.90 Å². The monoisotopic (exact) mass is 299 g/mol. The number of unbranched alkanes of at least 4 members (excludes halogenated alkanes) is 2. The number of ether oxygens (including phenoxy) is 1. The predicted octanol–water partition coefficient (Wildman–Crippen LogP) is 3.96. The van der Waals surface area contributed by atoms with Crippen molar-refractivity contribution in [2.24, 2.45) is 0 Å². The molecule has 118 valence electrons. The molecule has 3 nitrogen and oxygen atoms in total.